The Morgan fingerprint density at radius 3 is 2.72 bits per heavy atom. The second-order valence-corrected chi connectivity index (χ2v) is 10.8. The predicted octanol–water partition coefficient (Wildman–Crippen LogP) is 3.39. The molecule has 3 atom stereocenters. The van der Waals surface area contributed by atoms with Crippen molar-refractivity contribution < 1.29 is 21.8 Å². The van der Waals surface area contributed by atoms with Crippen LogP contribution in [0.3, 0.4) is 0 Å². The van der Waals surface area contributed by atoms with Gasteiger partial charge in [-0.3, -0.25) is 14.2 Å². The van der Waals surface area contributed by atoms with Crippen LogP contribution in [0.1, 0.15) is 23.5 Å². The molecule has 1 fully saturated rings. The zero-order valence-electron chi connectivity index (χ0n) is 17.7. The first-order valence-corrected chi connectivity index (χ1v) is 12.2. The molecule has 0 spiro atoms. The molecular weight excluding hydrogens is 444 g/mol. The van der Waals surface area contributed by atoms with Crippen LogP contribution in [0, 0.1) is 18.6 Å². The number of pyridine rings is 1. The first kappa shape index (κ1) is 22.7. The van der Waals surface area contributed by atoms with Gasteiger partial charge in [0.25, 0.3) is 5.92 Å². The molecular formula is C22H24F4N4OS. The number of rotatable bonds is 4. The summed E-state index contributed by atoms with van der Waals surface area (Å²) in [6.07, 6.45) is 2.94. The van der Waals surface area contributed by atoms with Crippen molar-refractivity contribution in [2.75, 3.05) is 25.9 Å². The lowest BCUT2D eigenvalue weighted by Gasteiger charge is -2.20. The van der Waals surface area contributed by atoms with Crippen molar-refractivity contribution in [3.8, 4) is 11.3 Å². The SMILES string of the molecule is C=S(C)(=O)N[C@@H]1CN(C2=NCC(c3c(F)cc(C)cc3-c3ncccc3F)C2)CC1(F)F. The lowest BCUT2D eigenvalue weighted by Crippen LogP contribution is -2.46. The van der Waals surface area contributed by atoms with E-state index in [2.05, 4.69) is 20.6 Å². The Kier molecular flexibility index (Phi) is 5.79. The zero-order chi connectivity index (χ0) is 23.3. The van der Waals surface area contributed by atoms with Crippen molar-refractivity contribution in [1.82, 2.24) is 14.6 Å². The van der Waals surface area contributed by atoms with E-state index in [0.29, 0.717) is 17.0 Å². The van der Waals surface area contributed by atoms with Gasteiger partial charge in [0.05, 0.1) is 12.4 Å². The number of hydrogen-bond donors (Lipinski definition) is 1. The molecule has 5 nitrogen and oxygen atoms in total. The fourth-order valence-electron chi connectivity index (χ4n) is 4.34. The maximum atomic E-state index is 15.1. The molecule has 4 rings (SSSR count). The van der Waals surface area contributed by atoms with E-state index < -0.39 is 45.8 Å². The normalized spacial score (nSPS) is 24.4. The lowest BCUT2D eigenvalue weighted by molar-refractivity contribution is -0.000896. The molecule has 1 aromatic carbocycles. The molecule has 1 saturated heterocycles. The van der Waals surface area contributed by atoms with Crippen molar-refractivity contribution in [1.29, 1.82) is 0 Å². The number of alkyl halides is 2. The molecule has 1 N–H and O–H groups in total. The number of benzene rings is 1. The molecule has 2 aliphatic heterocycles. The molecule has 0 saturated carbocycles. The van der Waals surface area contributed by atoms with E-state index in [9.17, 15) is 17.4 Å². The summed E-state index contributed by atoms with van der Waals surface area (Å²) in [5.41, 5.74) is 1.29. The molecule has 0 aliphatic carbocycles. The zero-order valence-corrected chi connectivity index (χ0v) is 18.6. The number of aromatic nitrogens is 1. The molecule has 3 heterocycles. The number of aryl methyl sites for hydroxylation is 1. The minimum Gasteiger partial charge on any atom is -0.352 e. The topological polar surface area (TPSA) is 57.6 Å². The quantitative estimate of drug-likeness (QED) is 0.553. The van der Waals surface area contributed by atoms with Crippen LogP contribution < -0.4 is 4.72 Å². The average molecular weight is 469 g/mol. The van der Waals surface area contributed by atoms with E-state index in [0.717, 1.165) is 0 Å². The first-order valence-electron chi connectivity index (χ1n) is 10.1. The summed E-state index contributed by atoms with van der Waals surface area (Å²) in [4.78, 5) is 9.94. The van der Waals surface area contributed by atoms with Crippen LogP contribution >= 0.6 is 0 Å². The molecule has 172 valence electrons. The Hall–Kier alpha value is -2.46. The maximum Gasteiger partial charge on any atom is 0.282 e. The van der Waals surface area contributed by atoms with Crippen LogP contribution in [-0.4, -0.2) is 63.7 Å². The number of amidine groups is 1. The van der Waals surface area contributed by atoms with E-state index >= 15 is 4.39 Å². The summed E-state index contributed by atoms with van der Waals surface area (Å²) in [6, 6.07) is 4.44. The van der Waals surface area contributed by atoms with Gasteiger partial charge in [0.1, 0.15) is 23.4 Å². The Morgan fingerprint density at radius 1 is 1.28 bits per heavy atom. The molecule has 0 amide bonds. The van der Waals surface area contributed by atoms with Gasteiger partial charge in [-0.25, -0.2) is 22.3 Å². The van der Waals surface area contributed by atoms with Crippen LogP contribution in [-0.2, 0) is 9.71 Å². The van der Waals surface area contributed by atoms with Gasteiger partial charge in [-0.1, -0.05) is 0 Å². The van der Waals surface area contributed by atoms with Gasteiger partial charge in [0.15, 0.2) is 0 Å². The summed E-state index contributed by atoms with van der Waals surface area (Å²) in [5, 5.41) is 0. The second-order valence-electron chi connectivity index (χ2n) is 8.52. The highest BCUT2D eigenvalue weighted by Crippen LogP contribution is 2.39. The number of nitrogens with zero attached hydrogens (tertiary/aromatic N) is 3. The fourth-order valence-corrected chi connectivity index (χ4v) is 5.19. The van der Waals surface area contributed by atoms with Crippen LogP contribution in [0.4, 0.5) is 17.6 Å². The van der Waals surface area contributed by atoms with Crippen molar-refractivity contribution >= 4 is 21.4 Å². The van der Waals surface area contributed by atoms with Gasteiger partial charge in [-0.2, -0.15) is 0 Å². The molecule has 32 heavy (non-hydrogen) atoms. The fraction of sp³-hybridized carbons (Fsp3) is 0.409. The van der Waals surface area contributed by atoms with Gasteiger partial charge in [0.2, 0.25) is 0 Å². The van der Waals surface area contributed by atoms with Crippen LogP contribution in [0.25, 0.3) is 11.3 Å². The molecule has 10 heteroatoms. The summed E-state index contributed by atoms with van der Waals surface area (Å²) in [7, 11) is -2.82. The van der Waals surface area contributed by atoms with Gasteiger partial charge in [-0.05, 0) is 42.6 Å². The Balaban J connectivity index is 1.60. The van der Waals surface area contributed by atoms with Gasteiger partial charge in [-0.15, -0.1) is 0 Å². The highest BCUT2D eigenvalue weighted by molar-refractivity contribution is 7.97. The summed E-state index contributed by atoms with van der Waals surface area (Å²) >= 11 is 0. The number of nitrogens with one attached hydrogen (secondary N) is 1. The third kappa shape index (κ3) is 4.52. The van der Waals surface area contributed by atoms with E-state index in [-0.39, 0.29) is 30.8 Å². The second kappa shape index (κ2) is 8.15. The standard InChI is InChI=1S/C22H24F4N4OS/c1-13-7-15(21-16(23)5-4-6-27-21)20(17(24)8-13)14-9-19(28-10-14)30-11-18(22(25,26)12-30)29-32(2,3)31/h4-8,14,18H,2,9-12H2,1,3H3,(H,29,31)/t14?,18-,32?/m1/s1. The Bertz CT molecular complexity index is 1180. The molecule has 1 aromatic heterocycles. The van der Waals surface area contributed by atoms with E-state index in [1.165, 1.54) is 35.6 Å². The van der Waals surface area contributed by atoms with Crippen LogP contribution in [0.15, 0.2) is 35.5 Å². The van der Waals surface area contributed by atoms with Gasteiger partial charge < -0.3 is 4.90 Å². The number of halogens is 4. The summed E-state index contributed by atoms with van der Waals surface area (Å²) in [5.74, 6) is -0.801. The van der Waals surface area contributed by atoms with E-state index in [1.54, 1.807) is 13.0 Å². The third-order valence-electron chi connectivity index (χ3n) is 5.69. The van der Waals surface area contributed by atoms with Crippen molar-refractivity contribution in [3.63, 3.8) is 0 Å². The minimum atomic E-state index is -3.12. The van der Waals surface area contributed by atoms with Gasteiger partial charge >= 0.3 is 0 Å². The molecule has 2 aromatic rings. The average Bonchev–Trinajstić information content (AvgIpc) is 3.25. The highest BCUT2D eigenvalue weighted by Gasteiger charge is 2.50. The Labute approximate surface area is 184 Å². The predicted molar refractivity (Wildman–Crippen MR) is 119 cm³/mol. The minimum absolute atomic E-state index is 0.0451. The number of hydrogen-bond acceptors (Lipinski definition) is 4. The summed E-state index contributed by atoms with van der Waals surface area (Å²) < 4.78 is 72.8. The summed E-state index contributed by atoms with van der Waals surface area (Å²) in [6.45, 7) is 1.24. The van der Waals surface area contributed by atoms with Gasteiger partial charge in [0, 0.05) is 58.7 Å². The van der Waals surface area contributed by atoms with Crippen molar-refractivity contribution in [2.24, 2.45) is 4.99 Å². The molecule has 0 radical (unpaired) electrons. The largest absolute Gasteiger partial charge is 0.352 e. The molecule has 0 bridgehead atoms. The van der Waals surface area contributed by atoms with Crippen molar-refractivity contribution in [3.05, 3.63) is 53.2 Å². The Morgan fingerprint density at radius 2 is 2.03 bits per heavy atom. The van der Waals surface area contributed by atoms with Crippen molar-refractivity contribution in [2.45, 2.75) is 31.2 Å². The first-order chi connectivity index (χ1) is 14.9. The lowest BCUT2D eigenvalue weighted by atomic mass is 9.89. The molecule has 2 aliphatic rings. The molecule has 2 unspecified atom stereocenters. The van der Waals surface area contributed by atoms with Crippen LogP contribution in [0.2, 0.25) is 0 Å². The monoisotopic (exact) mass is 468 g/mol. The number of aliphatic imine (C=N–C) groups is 1. The smallest absolute Gasteiger partial charge is 0.282 e. The van der Waals surface area contributed by atoms with Crippen LogP contribution in [0.5, 0.6) is 0 Å². The number of likely N-dealkylation sites (tertiary alicyclic amines) is 1. The van der Waals surface area contributed by atoms with E-state index in [4.69, 9.17) is 0 Å². The maximum absolute atomic E-state index is 15.1. The highest BCUT2D eigenvalue weighted by atomic mass is 32.2. The van der Waals surface area contributed by atoms with E-state index in [1.807, 2.05) is 0 Å². The third-order valence-corrected chi connectivity index (χ3v) is 6.47.